The van der Waals surface area contributed by atoms with Crippen LogP contribution in [0.25, 0.3) is 0 Å². The molecule has 0 bridgehead atoms. The summed E-state index contributed by atoms with van der Waals surface area (Å²) < 4.78 is 30.7. The van der Waals surface area contributed by atoms with Crippen LogP contribution in [0.2, 0.25) is 15.1 Å². The van der Waals surface area contributed by atoms with Gasteiger partial charge in [0.05, 0.1) is 17.8 Å². The zero-order chi connectivity index (χ0) is 23.0. The van der Waals surface area contributed by atoms with Crippen molar-refractivity contribution in [3.8, 4) is 0 Å². The van der Waals surface area contributed by atoms with Crippen molar-refractivity contribution in [3.05, 3.63) is 80.7 Å². The number of aryl methyl sites for hydroxylation is 2. The SMILES string of the molecule is Cc1nc(S(=O)(=O)NC(C2=NNC(c3ccc(Cl)cc3)C2)c2ccc(Cl)cc2Cl)cn1C. The molecule has 2 N–H and O–H groups in total. The van der Waals surface area contributed by atoms with Gasteiger partial charge in [-0.3, -0.25) is 0 Å². The molecule has 0 saturated heterocycles. The summed E-state index contributed by atoms with van der Waals surface area (Å²) in [6.07, 6.45) is 1.93. The second kappa shape index (κ2) is 9.03. The lowest BCUT2D eigenvalue weighted by Gasteiger charge is -2.20. The summed E-state index contributed by atoms with van der Waals surface area (Å²) in [5.41, 5.74) is 5.20. The van der Waals surface area contributed by atoms with Crippen molar-refractivity contribution >= 4 is 50.5 Å². The average Bonchev–Trinajstić information content (AvgIpc) is 3.35. The number of halogens is 3. The molecule has 1 aliphatic heterocycles. The molecule has 2 atom stereocenters. The Morgan fingerprint density at radius 1 is 1.12 bits per heavy atom. The van der Waals surface area contributed by atoms with Crippen LogP contribution in [0.5, 0.6) is 0 Å². The standard InChI is InChI=1S/C21H20Cl3N5O2S/c1-12-25-20(11-29(12)2)32(30,31)28-21(16-8-7-15(23)9-17(16)24)19-10-18(26-27-19)13-3-5-14(22)6-4-13/h3-9,11,18,21,26,28H,10H2,1-2H3. The molecule has 2 heterocycles. The van der Waals surface area contributed by atoms with Crippen molar-refractivity contribution in [1.82, 2.24) is 19.7 Å². The van der Waals surface area contributed by atoms with Crippen molar-refractivity contribution in [2.45, 2.75) is 30.5 Å². The van der Waals surface area contributed by atoms with Crippen LogP contribution in [0.15, 0.2) is 58.8 Å². The van der Waals surface area contributed by atoms with E-state index in [1.165, 1.54) is 6.20 Å². The maximum Gasteiger partial charge on any atom is 0.260 e. The highest BCUT2D eigenvalue weighted by atomic mass is 35.5. The molecule has 3 aromatic rings. The maximum absolute atomic E-state index is 13.2. The lowest BCUT2D eigenvalue weighted by Crippen LogP contribution is -2.34. The highest BCUT2D eigenvalue weighted by molar-refractivity contribution is 7.89. The van der Waals surface area contributed by atoms with Crippen LogP contribution in [-0.2, 0) is 17.1 Å². The Balaban J connectivity index is 1.68. The monoisotopic (exact) mass is 511 g/mol. The Labute approximate surface area is 201 Å². The number of nitrogens with one attached hydrogen (secondary N) is 2. The van der Waals surface area contributed by atoms with Crippen molar-refractivity contribution in [1.29, 1.82) is 0 Å². The number of imidazole rings is 1. The molecular weight excluding hydrogens is 493 g/mol. The van der Waals surface area contributed by atoms with Gasteiger partial charge in [-0.15, -0.1) is 0 Å². The molecule has 0 aliphatic carbocycles. The number of hydrazone groups is 1. The summed E-state index contributed by atoms with van der Waals surface area (Å²) in [7, 11) is -2.23. The second-order valence-corrected chi connectivity index (χ2v) is 10.4. The molecule has 2 unspecified atom stereocenters. The second-order valence-electron chi connectivity index (χ2n) is 7.50. The summed E-state index contributed by atoms with van der Waals surface area (Å²) in [4.78, 5) is 4.15. The zero-order valence-electron chi connectivity index (χ0n) is 17.2. The summed E-state index contributed by atoms with van der Waals surface area (Å²) in [6, 6.07) is 11.4. The topological polar surface area (TPSA) is 88.4 Å². The fourth-order valence-corrected chi connectivity index (χ4v) is 5.34. The molecule has 0 spiro atoms. The van der Waals surface area contributed by atoms with E-state index in [-0.39, 0.29) is 11.1 Å². The third-order valence-electron chi connectivity index (χ3n) is 5.29. The predicted octanol–water partition coefficient (Wildman–Crippen LogP) is 4.80. The summed E-state index contributed by atoms with van der Waals surface area (Å²) in [6.45, 7) is 1.73. The largest absolute Gasteiger partial charge is 0.337 e. The number of hydrogen-bond donors (Lipinski definition) is 2. The molecule has 11 heteroatoms. The normalized spacial score (nSPS) is 17.2. The minimum absolute atomic E-state index is 0.0756. The Hall–Kier alpha value is -2.10. The minimum Gasteiger partial charge on any atom is -0.337 e. The molecule has 1 aromatic heterocycles. The van der Waals surface area contributed by atoms with E-state index in [1.807, 2.05) is 12.1 Å². The van der Waals surface area contributed by atoms with E-state index < -0.39 is 16.1 Å². The fourth-order valence-electron chi connectivity index (χ4n) is 3.45. The van der Waals surface area contributed by atoms with Gasteiger partial charge >= 0.3 is 0 Å². The van der Waals surface area contributed by atoms with Gasteiger partial charge in [0.15, 0.2) is 5.03 Å². The van der Waals surface area contributed by atoms with Crippen LogP contribution in [0, 0.1) is 6.92 Å². The van der Waals surface area contributed by atoms with Crippen molar-refractivity contribution in [2.24, 2.45) is 12.1 Å². The van der Waals surface area contributed by atoms with E-state index in [4.69, 9.17) is 34.8 Å². The highest BCUT2D eigenvalue weighted by Gasteiger charge is 2.33. The number of nitrogens with zero attached hydrogens (tertiary/aromatic N) is 3. The summed E-state index contributed by atoms with van der Waals surface area (Å²) >= 11 is 18.5. The number of hydrogen-bond acceptors (Lipinski definition) is 5. The molecule has 168 valence electrons. The number of rotatable bonds is 6. The molecule has 1 aliphatic rings. The minimum atomic E-state index is -3.96. The Morgan fingerprint density at radius 3 is 2.44 bits per heavy atom. The first-order valence-corrected chi connectivity index (χ1v) is 12.3. The summed E-state index contributed by atoms with van der Waals surface area (Å²) in [5.74, 6) is 0.578. The molecule has 0 radical (unpaired) electrons. The van der Waals surface area contributed by atoms with Crippen LogP contribution >= 0.6 is 34.8 Å². The van der Waals surface area contributed by atoms with Crippen LogP contribution in [-0.4, -0.2) is 23.7 Å². The quantitative estimate of drug-likeness (QED) is 0.497. The lowest BCUT2D eigenvalue weighted by molar-refractivity contribution is 0.573. The van der Waals surface area contributed by atoms with Gasteiger partial charge in [-0.2, -0.15) is 9.82 Å². The Bertz CT molecular complexity index is 1270. The lowest BCUT2D eigenvalue weighted by atomic mass is 9.96. The van der Waals surface area contributed by atoms with E-state index in [1.54, 1.807) is 48.9 Å². The first-order valence-electron chi connectivity index (χ1n) is 9.69. The highest BCUT2D eigenvalue weighted by Crippen LogP contribution is 2.33. The molecule has 32 heavy (non-hydrogen) atoms. The first-order chi connectivity index (χ1) is 15.1. The van der Waals surface area contributed by atoms with E-state index in [2.05, 4.69) is 20.2 Å². The van der Waals surface area contributed by atoms with Crippen molar-refractivity contribution in [2.75, 3.05) is 0 Å². The molecule has 0 fully saturated rings. The molecule has 2 aromatic carbocycles. The van der Waals surface area contributed by atoms with Gasteiger partial charge in [0, 0.05) is 34.7 Å². The molecular formula is C21H20Cl3N5O2S. The van der Waals surface area contributed by atoms with Gasteiger partial charge < -0.3 is 9.99 Å². The smallest absolute Gasteiger partial charge is 0.260 e. The van der Waals surface area contributed by atoms with Gasteiger partial charge in [0.25, 0.3) is 10.0 Å². The summed E-state index contributed by atoms with van der Waals surface area (Å²) in [5, 5.41) is 5.79. The van der Waals surface area contributed by atoms with Crippen molar-refractivity contribution < 1.29 is 8.42 Å². The number of aromatic nitrogens is 2. The van der Waals surface area contributed by atoms with Crippen LogP contribution in [0.1, 0.15) is 35.5 Å². The van der Waals surface area contributed by atoms with Crippen LogP contribution in [0.4, 0.5) is 0 Å². The molecule has 0 amide bonds. The van der Waals surface area contributed by atoms with Gasteiger partial charge in [-0.1, -0.05) is 53.0 Å². The van der Waals surface area contributed by atoms with E-state index in [0.717, 1.165) is 5.56 Å². The van der Waals surface area contributed by atoms with Gasteiger partial charge in [0.2, 0.25) is 0 Å². The van der Waals surface area contributed by atoms with Crippen molar-refractivity contribution in [3.63, 3.8) is 0 Å². The number of benzene rings is 2. The van der Waals surface area contributed by atoms with Gasteiger partial charge in [-0.25, -0.2) is 13.4 Å². The van der Waals surface area contributed by atoms with E-state index in [0.29, 0.717) is 38.6 Å². The fraction of sp³-hybridized carbons (Fsp3) is 0.238. The van der Waals surface area contributed by atoms with E-state index in [9.17, 15) is 8.42 Å². The first kappa shape index (κ1) is 23.1. The molecule has 7 nitrogen and oxygen atoms in total. The van der Waals surface area contributed by atoms with Crippen LogP contribution in [0.3, 0.4) is 0 Å². The average molecular weight is 513 g/mol. The Morgan fingerprint density at radius 2 is 1.81 bits per heavy atom. The molecule has 0 saturated carbocycles. The zero-order valence-corrected chi connectivity index (χ0v) is 20.3. The maximum atomic E-state index is 13.2. The van der Waals surface area contributed by atoms with Crippen LogP contribution < -0.4 is 10.1 Å². The third-order valence-corrected chi connectivity index (χ3v) is 7.40. The predicted molar refractivity (Wildman–Crippen MR) is 127 cm³/mol. The molecule has 4 rings (SSSR count). The van der Waals surface area contributed by atoms with E-state index >= 15 is 0 Å². The Kier molecular flexibility index (Phi) is 6.51. The number of sulfonamides is 1. The third kappa shape index (κ3) is 4.79. The van der Waals surface area contributed by atoms with Gasteiger partial charge in [0.1, 0.15) is 5.82 Å². The van der Waals surface area contributed by atoms with Gasteiger partial charge in [-0.05, 0) is 42.3 Å².